The molecule has 1 aromatic carbocycles. The molecule has 3 aliphatic rings. The minimum absolute atomic E-state index is 0.0344. The van der Waals surface area contributed by atoms with E-state index in [-0.39, 0.29) is 18.0 Å². The number of hydrogen-bond acceptors (Lipinski definition) is 5. The third-order valence-electron chi connectivity index (χ3n) is 7.12. The first-order valence-electron chi connectivity index (χ1n) is 10.5. The Morgan fingerprint density at radius 3 is 2.81 bits per heavy atom. The molecule has 0 unspecified atom stereocenters. The SMILES string of the molecule is CCOc1ccc(NC(=O)[C@]23C[C@@]2(c2cn(C)nc2C)[C@H]2O[C@@H]3C[C@@H]2O)cc1C(F)(F)F. The number of ether oxygens (including phenoxy) is 2. The number of halogens is 3. The molecular weight excluding hydrogens is 427 g/mol. The summed E-state index contributed by atoms with van der Waals surface area (Å²) in [6.45, 7) is 3.53. The van der Waals surface area contributed by atoms with Gasteiger partial charge in [0.05, 0.1) is 41.6 Å². The molecule has 10 heteroatoms. The minimum atomic E-state index is -4.63. The summed E-state index contributed by atoms with van der Waals surface area (Å²) in [7, 11) is 1.78. The Kier molecular flexibility index (Phi) is 4.46. The van der Waals surface area contributed by atoms with Gasteiger partial charge in [0, 0.05) is 36.3 Å². The second kappa shape index (κ2) is 6.71. The summed E-state index contributed by atoms with van der Waals surface area (Å²) in [5.74, 6) is -0.688. The molecular formula is C22H24F3N3O4. The Morgan fingerprint density at radius 1 is 1.44 bits per heavy atom. The van der Waals surface area contributed by atoms with Crippen LogP contribution in [0.2, 0.25) is 0 Å². The summed E-state index contributed by atoms with van der Waals surface area (Å²) >= 11 is 0. The highest BCUT2D eigenvalue weighted by atomic mass is 19.4. The lowest BCUT2D eigenvalue weighted by molar-refractivity contribution is -0.139. The van der Waals surface area contributed by atoms with E-state index in [1.54, 1.807) is 18.7 Å². The molecule has 2 saturated heterocycles. The van der Waals surface area contributed by atoms with Crippen LogP contribution in [-0.2, 0) is 28.2 Å². The van der Waals surface area contributed by atoms with Crippen LogP contribution in [0.5, 0.6) is 5.75 Å². The topological polar surface area (TPSA) is 85.6 Å². The van der Waals surface area contributed by atoms with Gasteiger partial charge in [-0.1, -0.05) is 0 Å². The predicted molar refractivity (Wildman–Crippen MR) is 107 cm³/mol. The van der Waals surface area contributed by atoms with Crippen molar-refractivity contribution in [2.75, 3.05) is 11.9 Å². The fraction of sp³-hybridized carbons (Fsp3) is 0.545. The zero-order valence-electron chi connectivity index (χ0n) is 17.9. The molecule has 5 atom stereocenters. The van der Waals surface area contributed by atoms with E-state index in [0.29, 0.717) is 12.8 Å². The second-order valence-corrected chi connectivity index (χ2v) is 8.87. The molecule has 1 aliphatic carbocycles. The Hall–Kier alpha value is -2.59. The molecule has 2 aliphatic heterocycles. The van der Waals surface area contributed by atoms with Crippen LogP contribution >= 0.6 is 0 Å². The van der Waals surface area contributed by atoms with Gasteiger partial charge in [-0.3, -0.25) is 9.48 Å². The molecule has 7 nitrogen and oxygen atoms in total. The van der Waals surface area contributed by atoms with Gasteiger partial charge in [0.2, 0.25) is 5.91 Å². The molecule has 0 spiro atoms. The molecule has 3 fully saturated rings. The number of aliphatic hydroxyl groups is 1. The highest BCUT2D eigenvalue weighted by Gasteiger charge is 2.87. The molecule has 5 rings (SSSR count). The van der Waals surface area contributed by atoms with Crippen molar-refractivity contribution in [2.45, 2.75) is 56.6 Å². The Morgan fingerprint density at radius 2 is 2.19 bits per heavy atom. The van der Waals surface area contributed by atoms with Crippen molar-refractivity contribution >= 4 is 11.6 Å². The van der Waals surface area contributed by atoms with Crippen LogP contribution in [0.4, 0.5) is 18.9 Å². The predicted octanol–water partition coefficient (Wildman–Crippen LogP) is 2.94. The smallest absolute Gasteiger partial charge is 0.420 e. The number of nitrogens with one attached hydrogen (secondary N) is 1. The maximum atomic E-state index is 13.5. The maximum Gasteiger partial charge on any atom is 0.420 e. The number of anilines is 1. The lowest BCUT2D eigenvalue weighted by Crippen LogP contribution is -2.44. The molecule has 32 heavy (non-hydrogen) atoms. The Balaban J connectivity index is 1.50. The number of alkyl halides is 3. The van der Waals surface area contributed by atoms with E-state index in [1.165, 1.54) is 12.1 Å². The van der Waals surface area contributed by atoms with Gasteiger partial charge < -0.3 is 19.9 Å². The first-order valence-corrected chi connectivity index (χ1v) is 10.5. The van der Waals surface area contributed by atoms with Gasteiger partial charge in [-0.2, -0.15) is 18.3 Å². The number of amides is 1. The minimum Gasteiger partial charge on any atom is -0.493 e. The van der Waals surface area contributed by atoms with Crippen molar-refractivity contribution in [3.8, 4) is 5.75 Å². The number of aryl methyl sites for hydroxylation is 2. The van der Waals surface area contributed by atoms with Crippen molar-refractivity contribution in [1.29, 1.82) is 0 Å². The van der Waals surface area contributed by atoms with Gasteiger partial charge in [-0.05, 0) is 38.5 Å². The first-order chi connectivity index (χ1) is 15.0. The number of fused-ring (bicyclic) bond motifs is 5. The van der Waals surface area contributed by atoms with Crippen LogP contribution in [0.3, 0.4) is 0 Å². The van der Waals surface area contributed by atoms with E-state index < -0.39 is 46.8 Å². The number of benzene rings is 1. The number of hydrogen-bond donors (Lipinski definition) is 2. The van der Waals surface area contributed by atoms with Gasteiger partial charge in [0.25, 0.3) is 0 Å². The van der Waals surface area contributed by atoms with Crippen molar-refractivity contribution < 1.29 is 32.5 Å². The molecule has 1 saturated carbocycles. The highest BCUT2D eigenvalue weighted by Crippen LogP contribution is 2.78. The zero-order chi connectivity index (χ0) is 23.1. The van der Waals surface area contributed by atoms with Crippen LogP contribution in [-0.4, -0.2) is 45.7 Å². The summed E-state index contributed by atoms with van der Waals surface area (Å²) in [6, 6.07) is 3.50. The number of nitrogens with zero attached hydrogens (tertiary/aromatic N) is 2. The molecule has 1 amide bonds. The number of carbonyl (C=O) groups is 1. The summed E-state index contributed by atoms with van der Waals surface area (Å²) in [6.07, 6.45) is -3.78. The van der Waals surface area contributed by atoms with Crippen molar-refractivity contribution in [3.05, 3.63) is 41.2 Å². The second-order valence-electron chi connectivity index (χ2n) is 8.87. The van der Waals surface area contributed by atoms with Crippen LogP contribution < -0.4 is 10.1 Å². The molecule has 2 bridgehead atoms. The third-order valence-corrected chi connectivity index (χ3v) is 7.12. The van der Waals surface area contributed by atoms with E-state index in [0.717, 1.165) is 17.3 Å². The van der Waals surface area contributed by atoms with Crippen LogP contribution in [0.15, 0.2) is 24.4 Å². The van der Waals surface area contributed by atoms with Crippen LogP contribution in [0, 0.1) is 12.3 Å². The highest BCUT2D eigenvalue weighted by molar-refractivity contribution is 6.01. The van der Waals surface area contributed by atoms with E-state index >= 15 is 0 Å². The van der Waals surface area contributed by atoms with Crippen molar-refractivity contribution in [2.24, 2.45) is 12.5 Å². The molecule has 2 N–H and O–H groups in total. The molecule has 3 heterocycles. The third kappa shape index (κ3) is 2.68. The van der Waals surface area contributed by atoms with Gasteiger partial charge in [-0.25, -0.2) is 0 Å². The van der Waals surface area contributed by atoms with Gasteiger partial charge in [-0.15, -0.1) is 0 Å². The summed E-state index contributed by atoms with van der Waals surface area (Å²) in [4.78, 5) is 13.5. The van der Waals surface area contributed by atoms with E-state index in [9.17, 15) is 23.1 Å². The summed E-state index contributed by atoms with van der Waals surface area (Å²) in [5, 5.41) is 17.6. The quantitative estimate of drug-likeness (QED) is 0.730. The van der Waals surface area contributed by atoms with Crippen molar-refractivity contribution in [1.82, 2.24) is 9.78 Å². The normalized spacial score (nSPS) is 32.7. The van der Waals surface area contributed by atoms with Gasteiger partial charge >= 0.3 is 6.18 Å². The average Bonchev–Trinajstić information content (AvgIpc) is 2.93. The lowest BCUT2D eigenvalue weighted by atomic mass is 9.74. The van der Waals surface area contributed by atoms with Crippen LogP contribution in [0.25, 0.3) is 0 Å². The van der Waals surface area contributed by atoms with E-state index in [4.69, 9.17) is 9.47 Å². The van der Waals surface area contributed by atoms with Crippen LogP contribution in [0.1, 0.15) is 36.6 Å². The Bertz CT molecular complexity index is 1100. The molecule has 1 aromatic heterocycles. The Labute approximate surface area is 182 Å². The number of carbonyl (C=O) groups excluding carboxylic acids is 1. The molecule has 172 valence electrons. The number of aliphatic hydroxyl groups excluding tert-OH is 1. The van der Waals surface area contributed by atoms with E-state index in [2.05, 4.69) is 10.4 Å². The fourth-order valence-corrected chi connectivity index (χ4v) is 5.89. The maximum absolute atomic E-state index is 13.5. The monoisotopic (exact) mass is 451 g/mol. The zero-order valence-corrected chi connectivity index (χ0v) is 17.9. The largest absolute Gasteiger partial charge is 0.493 e. The number of rotatable bonds is 5. The fourth-order valence-electron chi connectivity index (χ4n) is 5.89. The number of aromatic nitrogens is 2. The lowest BCUT2D eigenvalue weighted by Gasteiger charge is -2.29. The van der Waals surface area contributed by atoms with E-state index in [1.807, 2.05) is 13.1 Å². The molecule has 2 aromatic rings. The molecule has 0 radical (unpaired) electrons. The van der Waals surface area contributed by atoms with Gasteiger partial charge in [0.15, 0.2) is 0 Å². The average molecular weight is 451 g/mol. The first kappa shape index (κ1) is 21.3. The van der Waals surface area contributed by atoms with Gasteiger partial charge in [0.1, 0.15) is 5.75 Å². The van der Waals surface area contributed by atoms with Crippen molar-refractivity contribution in [3.63, 3.8) is 0 Å². The summed E-state index contributed by atoms with van der Waals surface area (Å²) in [5.41, 5.74) is -1.03. The standard InChI is InChI=1S/C22H24F3N3O4/c1-4-31-16-6-5-12(7-13(16)22(23,24)25)26-19(30)21-10-20(21,14-9-28(3)27-11(14)2)18-15(29)8-17(21)32-18/h5-7,9,15,17-18,29H,4,8,10H2,1-3H3,(H,26,30)/t15-,17+,18-,20+,21+/m0/s1. The summed E-state index contributed by atoms with van der Waals surface area (Å²) < 4.78 is 53.3.